The predicted molar refractivity (Wildman–Crippen MR) is 123 cm³/mol. The summed E-state index contributed by atoms with van der Waals surface area (Å²) in [5.74, 6) is 0. The molecule has 4 nitrogen and oxygen atoms in total. The fourth-order valence-electron chi connectivity index (χ4n) is 4.59. The first-order chi connectivity index (χ1) is 15.4. The van der Waals surface area contributed by atoms with E-state index in [1.165, 1.54) is 11.1 Å². The Kier molecular flexibility index (Phi) is 5.83. The Hall–Kier alpha value is -3.34. The van der Waals surface area contributed by atoms with E-state index < -0.39 is 0 Å². The van der Waals surface area contributed by atoms with Crippen molar-refractivity contribution in [1.29, 1.82) is 0 Å². The number of aromatic nitrogens is 2. The third-order valence-corrected chi connectivity index (χ3v) is 5.91. The van der Waals surface area contributed by atoms with Gasteiger partial charge in [-0.25, -0.2) is 0 Å². The van der Waals surface area contributed by atoms with Crippen LogP contribution < -0.4 is 0 Å². The molecule has 1 saturated heterocycles. The quantitative estimate of drug-likeness (QED) is 0.439. The minimum Gasteiger partial charge on any atom is -0.276 e. The lowest BCUT2D eigenvalue weighted by atomic mass is 9.93. The molecule has 5 rings (SSSR count). The third kappa shape index (κ3) is 4.41. The zero-order chi connectivity index (χ0) is 20.9. The van der Waals surface area contributed by atoms with E-state index in [0.717, 1.165) is 31.1 Å². The highest BCUT2D eigenvalue weighted by molar-refractivity contribution is 5.30. The van der Waals surface area contributed by atoms with Gasteiger partial charge in [0, 0.05) is 25.5 Å². The molecule has 4 heteroatoms. The molecule has 2 aromatic carbocycles. The Morgan fingerprint density at radius 2 is 0.968 bits per heavy atom. The summed E-state index contributed by atoms with van der Waals surface area (Å²) < 4.78 is 0. The van der Waals surface area contributed by atoms with E-state index in [1.54, 1.807) is 0 Å². The van der Waals surface area contributed by atoms with Gasteiger partial charge in [-0.3, -0.25) is 19.8 Å². The summed E-state index contributed by atoms with van der Waals surface area (Å²) >= 11 is 0. The number of pyridine rings is 2. The molecule has 3 heterocycles. The Morgan fingerprint density at radius 1 is 0.548 bits per heavy atom. The average Bonchev–Trinajstić information content (AvgIpc) is 3.19. The van der Waals surface area contributed by atoms with Crippen LogP contribution in [0.15, 0.2) is 109 Å². The third-order valence-electron chi connectivity index (χ3n) is 5.91. The SMILES string of the molecule is c1ccc(C2C(c3ccccc3)N(Cc3ccccn3)CN2Cc2ccccn2)cc1. The maximum atomic E-state index is 4.60. The molecular weight excluding hydrogens is 380 g/mol. The molecule has 4 aromatic rings. The fraction of sp³-hybridized carbons (Fsp3) is 0.185. The molecule has 154 valence electrons. The van der Waals surface area contributed by atoms with Crippen molar-refractivity contribution in [1.82, 2.24) is 19.8 Å². The summed E-state index contributed by atoms with van der Waals surface area (Å²) in [5.41, 5.74) is 4.84. The number of nitrogens with zero attached hydrogens (tertiary/aromatic N) is 4. The van der Waals surface area contributed by atoms with Crippen LogP contribution in [-0.4, -0.2) is 26.4 Å². The molecule has 1 fully saturated rings. The van der Waals surface area contributed by atoms with Gasteiger partial charge in [0.05, 0.1) is 30.1 Å². The minimum absolute atomic E-state index is 0.231. The van der Waals surface area contributed by atoms with Crippen molar-refractivity contribution in [2.45, 2.75) is 25.2 Å². The molecule has 31 heavy (non-hydrogen) atoms. The summed E-state index contributed by atoms with van der Waals surface area (Å²) in [5, 5.41) is 0. The van der Waals surface area contributed by atoms with Crippen LogP contribution in [0.3, 0.4) is 0 Å². The largest absolute Gasteiger partial charge is 0.276 e. The van der Waals surface area contributed by atoms with Crippen LogP contribution in [0.1, 0.15) is 34.6 Å². The maximum Gasteiger partial charge on any atom is 0.0562 e. The van der Waals surface area contributed by atoms with Crippen molar-refractivity contribution < 1.29 is 0 Å². The van der Waals surface area contributed by atoms with Crippen molar-refractivity contribution in [2.24, 2.45) is 0 Å². The summed E-state index contributed by atoms with van der Waals surface area (Å²) in [6.45, 7) is 2.47. The molecule has 0 amide bonds. The van der Waals surface area contributed by atoms with Crippen molar-refractivity contribution in [2.75, 3.05) is 6.67 Å². The monoisotopic (exact) mass is 406 g/mol. The maximum absolute atomic E-state index is 4.60. The first-order valence-electron chi connectivity index (χ1n) is 10.8. The second-order valence-corrected chi connectivity index (χ2v) is 7.99. The number of hydrogen-bond donors (Lipinski definition) is 0. The zero-order valence-corrected chi connectivity index (χ0v) is 17.5. The van der Waals surface area contributed by atoms with Gasteiger partial charge < -0.3 is 0 Å². The molecular formula is C27H26N4. The topological polar surface area (TPSA) is 32.3 Å². The number of hydrogen-bond acceptors (Lipinski definition) is 4. The normalized spacial score (nSPS) is 19.5. The first-order valence-corrected chi connectivity index (χ1v) is 10.8. The molecule has 1 aliphatic rings. The van der Waals surface area contributed by atoms with Crippen molar-refractivity contribution in [3.63, 3.8) is 0 Å². The summed E-state index contributed by atoms with van der Waals surface area (Å²) in [7, 11) is 0. The molecule has 0 aliphatic carbocycles. The van der Waals surface area contributed by atoms with Crippen LogP contribution >= 0.6 is 0 Å². The van der Waals surface area contributed by atoms with Gasteiger partial charge in [-0.05, 0) is 35.4 Å². The smallest absolute Gasteiger partial charge is 0.0562 e. The molecule has 0 spiro atoms. The van der Waals surface area contributed by atoms with Crippen LogP contribution in [0.4, 0.5) is 0 Å². The summed E-state index contributed by atoms with van der Waals surface area (Å²) in [4.78, 5) is 14.3. The Morgan fingerprint density at radius 3 is 1.35 bits per heavy atom. The molecule has 0 radical (unpaired) electrons. The Labute approximate surface area is 183 Å². The van der Waals surface area contributed by atoms with E-state index in [4.69, 9.17) is 0 Å². The lowest BCUT2D eigenvalue weighted by Crippen LogP contribution is -2.26. The number of benzene rings is 2. The van der Waals surface area contributed by atoms with E-state index in [2.05, 4.69) is 105 Å². The standard InChI is InChI=1S/C27H26N4/c1-3-11-22(12-4-1)26-27(23-13-5-2-6-14-23)31(20-25-16-8-10-18-29-25)21-30(26)19-24-15-7-9-17-28-24/h1-18,26-27H,19-21H2. The highest BCUT2D eigenvalue weighted by atomic mass is 15.4. The second-order valence-electron chi connectivity index (χ2n) is 7.99. The Bertz CT molecular complexity index is 982. The zero-order valence-electron chi connectivity index (χ0n) is 17.5. The van der Waals surface area contributed by atoms with E-state index >= 15 is 0 Å². The van der Waals surface area contributed by atoms with Gasteiger partial charge in [0.2, 0.25) is 0 Å². The van der Waals surface area contributed by atoms with Gasteiger partial charge in [-0.1, -0.05) is 72.8 Å². The van der Waals surface area contributed by atoms with Gasteiger partial charge in [0.25, 0.3) is 0 Å². The highest BCUT2D eigenvalue weighted by Crippen LogP contribution is 2.45. The molecule has 0 bridgehead atoms. The molecule has 2 atom stereocenters. The van der Waals surface area contributed by atoms with Crippen LogP contribution in [0.25, 0.3) is 0 Å². The van der Waals surface area contributed by atoms with E-state index in [0.29, 0.717) is 0 Å². The van der Waals surface area contributed by atoms with Gasteiger partial charge in [0.15, 0.2) is 0 Å². The van der Waals surface area contributed by atoms with Crippen LogP contribution in [0.2, 0.25) is 0 Å². The van der Waals surface area contributed by atoms with Gasteiger partial charge in [-0.15, -0.1) is 0 Å². The van der Waals surface area contributed by atoms with Crippen LogP contribution in [-0.2, 0) is 13.1 Å². The van der Waals surface area contributed by atoms with Crippen molar-refractivity contribution >= 4 is 0 Å². The van der Waals surface area contributed by atoms with Crippen LogP contribution in [0, 0.1) is 0 Å². The second kappa shape index (κ2) is 9.21. The van der Waals surface area contributed by atoms with Crippen molar-refractivity contribution in [3.8, 4) is 0 Å². The highest BCUT2D eigenvalue weighted by Gasteiger charge is 2.41. The van der Waals surface area contributed by atoms with Gasteiger partial charge in [0.1, 0.15) is 0 Å². The van der Waals surface area contributed by atoms with E-state index in [-0.39, 0.29) is 12.1 Å². The Balaban J connectivity index is 1.55. The summed E-state index contributed by atoms with van der Waals surface area (Å²) in [6, 6.07) is 34.5. The lowest BCUT2D eigenvalue weighted by molar-refractivity contribution is 0.203. The summed E-state index contributed by atoms with van der Waals surface area (Å²) in [6.07, 6.45) is 3.76. The van der Waals surface area contributed by atoms with E-state index in [1.807, 2.05) is 24.5 Å². The first kappa shape index (κ1) is 19.6. The van der Waals surface area contributed by atoms with Gasteiger partial charge >= 0.3 is 0 Å². The lowest BCUT2D eigenvalue weighted by Gasteiger charge is -2.29. The fourth-order valence-corrected chi connectivity index (χ4v) is 4.59. The van der Waals surface area contributed by atoms with Crippen molar-refractivity contribution in [3.05, 3.63) is 132 Å². The molecule has 1 aliphatic heterocycles. The average molecular weight is 407 g/mol. The molecule has 0 saturated carbocycles. The molecule has 2 aromatic heterocycles. The minimum atomic E-state index is 0.231. The van der Waals surface area contributed by atoms with Gasteiger partial charge in [-0.2, -0.15) is 0 Å². The van der Waals surface area contributed by atoms with Crippen LogP contribution in [0.5, 0.6) is 0 Å². The predicted octanol–water partition coefficient (Wildman–Crippen LogP) is 5.23. The number of rotatable bonds is 6. The molecule has 0 N–H and O–H groups in total. The molecule has 2 unspecified atom stereocenters. The van der Waals surface area contributed by atoms with E-state index in [9.17, 15) is 0 Å².